The molecule has 22 heavy (non-hydrogen) atoms. The van der Waals surface area contributed by atoms with Crippen LogP contribution in [0.2, 0.25) is 0 Å². The number of benzene rings is 2. The molecule has 4 heteroatoms. The first-order valence-corrected chi connectivity index (χ1v) is 7.50. The lowest BCUT2D eigenvalue weighted by molar-refractivity contribution is -0.121. The molecule has 0 bridgehead atoms. The van der Waals surface area contributed by atoms with Crippen LogP contribution in [-0.2, 0) is 4.79 Å². The lowest BCUT2D eigenvalue weighted by Gasteiger charge is -2.12. The smallest absolute Gasteiger partial charge is 0.221 e. The summed E-state index contributed by atoms with van der Waals surface area (Å²) in [5.41, 5.74) is 2.18. The number of carbonyl (C=O) groups excluding carboxylic acids is 1. The van der Waals surface area contributed by atoms with Gasteiger partial charge >= 0.3 is 0 Å². The molecule has 0 unspecified atom stereocenters. The molecule has 0 saturated heterocycles. The summed E-state index contributed by atoms with van der Waals surface area (Å²) in [4.78, 5) is 11.5. The molecule has 2 aromatic rings. The molecule has 0 aliphatic carbocycles. The van der Waals surface area contributed by atoms with Gasteiger partial charge in [0.25, 0.3) is 0 Å². The lowest BCUT2D eigenvalue weighted by Crippen LogP contribution is -2.30. The molecule has 4 nitrogen and oxygen atoms in total. The number of rotatable bonds is 8. The van der Waals surface area contributed by atoms with Gasteiger partial charge in [-0.1, -0.05) is 48.5 Å². The Bertz CT molecular complexity index is 585. The fraction of sp³-hybridized carbons (Fsp3) is 0.278. The van der Waals surface area contributed by atoms with Gasteiger partial charge in [-0.3, -0.25) is 4.79 Å². The number of hydrogen-bond acceptors (Lipinski definition) is 3. The first-order chi connectivity index (χ1) is 10.8. The van der Waals surface area contributed by atoms with Crippen molar-refractivity contribution in [3.63, 3.8) is 0 Å². The zero-order chi connectivity index (χ0) is 15.6. The zero-order valence-corrected chi connectivity index (χ0v) is 12.8. The van der Waals surface area contributed by atoms with Crippen LogP contribution in [0.4, 0.5) is 0 Å². The Morgan fingerprint density at radius 2 is 1.73 bits per heavy atom. The second kappa shape index (κ2) is 8.85. The number of amides is 1. The largest absolute Gasteiger partial charge is 0.491 e. The van der Waals surface area contributed by atoms with E-state index in [4.69, 9.17) is 4.74 Å². The first-order valence-electron chi connectivity index (χ1n) is 7.50. The van der Waals surface area contributed by atoms with Crippen LogP contribution in [0.1, 0.15) is 6.42 Å². The summed E-state index contributed by atoms with van der Waals surface area (Å²) in [6.07, 6.45) is 0.483. The Kier molecular flexibility index (Phi) is 6.45. The van der Waals surface area contributed by atoms with Crippen LogP contribution in [0, 0.1) is 0 Å². The summed E-state index contributed by atoms with van der Waals surface area (Å²) < 4.78 is 5.82. The van der Waals surface area contributed by atoms with E-state index in [-0.39, 0.29) is 5.91 Å². The van der Waals surface area contributed by atoms with Crippen LogP contribution in [0.5, 0.6) is 5.75 Å². The second-order valence-electron chi connectivity index (χ2n) is 4.91. The van der Waals surface area contributed by atoms with Gasteiger partial charge in [0, 0.05) is 18.5 Å². The van der Waals surface area contributed by atoms with Crippen LogP contribution in [0.3, 0.4) is 0 Å². The highest BCUT2D eigenvalue weighted by Gasteiger charge is 2.05. The zero-order valence-electron chi connectivity index (χ0n) is 12.8. The Hall–Kier alpha value is -2.33. The fourth-order valence-corrected chi connectivity index (χ4v) is 2.13. The molecule has 2 N–H and O–H groups in total. The third kappa shape index (κ3) is 4.90. The average molecular weight is 298 g/mol. The van der Waals surface area contributed by atoms with Crippen LogP contribution < -0.4 is 15.4 Å². The molecule has 0 aliphatic heterocycles. The normalized spacial score (nSPS) is 10.2. The predicted octanol–water partition coefficient (Wildman–Crippen LogP) is 2.46. The SMILES string of the molecule is CNCCC(=O)NCCOc1ccccc1-c1ccccc1. The summed E-state index contributed by atoms with van der Waals surface area (Å²) in [6.45, 7) is 1.64. The molecule has 0 aliphatic rings. The van der Waals surface area contributed by atoms with Gasteiger partial charge in [0.05, 0.1) is 6.54 Å². The van der Waals surface area contributed by atoms with E-state index < -0.39 is 0 Å². The van der Waals surface area contributed by atoms with E-state index in [9.17, 15) is 4.79 Å². The number of para-hydroxylation sites is 1. The molecule has 2 rings (SSSR count). The van der Waals surface area contributed by atoms with Crippen molar-refractivity contribution in [3.8, 4) is 16.9 Å². The van der Waals surface area contributed by atoms with Gasteiger partial charge in [0.15, 0.2) is 0 Å². The molecule has 0 fully saturated rings. The number of nitrogens with one attached hydrogen (secondary N) is 2. The molecule has 1 amide bonds. The first kappa shape index (κ1) is 16.0. The van der Waals surface area contributed by atoms with Crippen LogP contribution in [0.15, 0.2) is 54.6 Å². The van der Waals surface area contributed by atoms with Gasteiger partial charge in [0.2, 0.25) is 5.91 Å². The minimum absolute atomic E-state index is 0.0364. The van der Waals surface area contributed by atoms with Gasteiger partial charge in [-0.05, 0) is 18.7 Å². The van der Waals surface area contributed by atoms with E-state index in [1.807, 2.05) is 49.5 Å². The summed E-state index contributed by atoms with van der Waals surface area (Å²) >= 11 is 0. The highest BCUT2D eigenvalue weighted by atomic mass is 16.5. The number of carbonyl (C=O) groups is 1. The molecule has 0 heterocycles. The number of hydrogen-bond donors (Lipinski definition) is 2. The lowest BCUT2D eigenvalue weighted by atomic mass is 10.1. The Labute approximate surface area is 131 Å². The fourth-order valence-electron chi connectivity index (χ4n) is 2.13. The van der Waals surface area contributed by atoms with E-state index in [1.165, 1.54) is 0 Å². The van der Waals surface area contributed by atoms with Crippen molar-refractivity contribution in [2.24, 2.45) is 0 Å². The summed E-state index contributed by atoms with van der Waals surface area (Å²) in [7, 11) is 1.83. The summed E-state index contributed by atoms with van der Waals surface area (Å²) in [5.74, 6) is 0.868. The third-order valence-electron chi connectivity index (χ3n) is 3.26. The second-order valence-corrected chi connectivity index (χ2v) is 4.91. The van der Waals surface area contributed by atoms with E-state index in [2.05, 4.69) is 22.8 Å². The maximum Gasteiger partial charge on any atom is 0.221 e. The van der Waals surface area contributed by atoms with Crippen molar-refractivity contribution in [3.05, 3.63) is 54.6 Å². The minimum atomic E-state index is 0.0364. The Balaban J connectivity index is 1.87. The van der Waals surface area contributed by atoms with Crippen molar-refractivity contribution >= 4 is 5.91 Å². The van der Waals surface area contributed by atoms with Gasteiger partial charge in [0.1, 0.15) is 12.4 Å². The molecule has 0 atom stereocenters. The summed E-state index contributed by atoms with van der Waals surface area (Å²) in [5, 5.41) is 5.79. The number of ether oxygens (including phenoxy) is 1. The quantitative estimate of drug-likeness (QED) is 0.736. The van der Waals surface area contributed by atoms with Gasteiger partial charge in [-0.25, -0.2) is 0 Å². The molecule has 0 spiro atoms. The van der Waals surface area contributed by atoms with Crippen molar-refractivity contribution in [2.75, 3.05) is 26.7 Å². The van der Waals surface area contributed by atoms with Crippen LogP contribution in [-0.4, -0.2) is 32.7 Å². The minimum Gasteiger partial charge on any atom is -0.491 e. The highest BCUT2D eigenvalue weighted by molar-refractivity contribution is 5.76. The Morgan fingerprint density at radius 3 is 2.50 bits per heavy atom. The molecular weight excluding hydrogens is 276 g/mol. The van der Waals surface area contributed by atoms with Crippen LogP contribution in [0.25, 0.3) is 11.1 Å². The monoisotopic (exact) mass is 298 g/mol. The Morgan fingerprint density at radius 1 is 1.00 bits per heavy atom. The van der Waals surface area contributed by atoms with E-state index in [0.29, 0.717) is 26.1 Å². The van der Waals surface area contributed by atoms with Crippen molar-refractivity contribution in [1.82, 2.24) is 10.6 Å². The van der Waals surface area contributed by atoms with Crippen molar-refractivity contribution in [2.45, 2.75) is 6.42 Å². The molecular formula is C18H22N2O2. The predicted molar refractivity (Wildman–Crippen MR) is 88.9 cm³/mol. The maximum absolute atomic E-state index is 11.5. The summed E-state index contributed by atoms with van der Waals surface area (Å²) in [6, 6.07) is 18.1. The van der Waals surface area contributed by atoms with E-state index in [1.54, 1.807) is 0 Å². The van der Waals surface area contributed by atoms with Gasteiger partial charge in [-0.15, -0.1) is 0 Å². The maximum atomic E-state index is 11.5. The van der Waals surface area contributed by atoms with Crippen molar-refractivity contribution in [1.29, 1.82) is 0 Å². The molecule has 116 valence electrons. The topological polar surface area (TPSA) is 50.4 Å². The van der Waals surface area contributed by atoms with Gasteiger partial charge in [-0.2, -0.15) is 0 Å². The van der Waals surface area contributed by atoms with E-state index in [0.717, 1.165) is 16.9 Å². The van der Waals surface area contributed by atoms with Crippen LogP contribution >= 0.6 is 0 Å². The molecule has 0 saturated carbocycles. The van der Waals surface area contributed by atoms with E-state index >= 15 is 0 Å². The molecule has 2 aromatic carbocycles. The molecule has 0 aromatic heterocycles. The van der Waals surface area contributed by atoms with Crippen molar-refractivity contribution < 1.29 is 9.53 Å². The third-order valence-corrected chi connectivity index (χ3v) is 3.26. The van der Waals surface area contributed by atoms with Gasteiger partial charge < -0.3 is 15.4 Å². The average Bonchev–Trinajstić information content (AvgIpc) is 2.58. The molecule has 0 radical (unpaired) electrons. The standard InChI is InChI=1S/C18H22N2O2/c1-19-12-11-18(21)20-13-14-22-17-10-6-5-9-16(17)15-7-3-2-4-8-15/h2-10,19H,11-14H2,1H3,(H,20,21). The highest BCUT2D eigenvalue weighted by Crippen LogP contribution is 2.29.